The number of anilines is 1. The topological polar surface area (TPSA) is 79.6 Å². The largest absolute Gasteiger partial charge is 0.382 e. The van der Waals surface area contributed by atoms with Crippen LogP contribution in [0.3, 0.4) is 0 Å². The van der Waals surface area contributed by atoms with Gasteiger partial charge in [-0.1, -0.05) is 11.8 Å². The highest BCUT2D eigenvalue weighted by molar-refractivity contribution is 7.99. The Morgan fingerprint density at radius 2 is 2.10 bits per heavy atom. The molecule has 1 heterocycles. The van der Waals surface area contributed by atoms with Crippen LogP contribution in [-0.4, -0.2) is 27.3 Å². The molecule has 0 radical (unpaired) electrons. The number of hydrogen-bond donors (Lipinski definition) is 3. The van der Waals surface area contributed by atoms with E-state index in [1.54, 1.807) is 11.8 Å². The Balaban J connectivity index is 1.58. The van der Waals surface area contributed by atoms with Crippen LogP contribution in [0.2, 0.25) is 0 Å². The summed E-state index contributed by atoms with van der Waals surface area (Å²) in [6, 6.07) is 9.27. The van der Waals surface area contributed by atoms with Crippen molar-refractivity contribution in [1.29, 1.82) is 0 Å². The Bertz CT molecular complexity index is 525. The highest BCUT2D eigenvalue weighted by Crippen LogP contribution is 2.26. The number of H-pyrrole nitrogens is 1. The van der Waals surface area contributed by atoms with Crippen molar-refractivity contribution < 1.29 is 0 Å². The molecule has 1 saturated carbocycles. The molecule has 20 heavy (non-hydrogen) atoms. The molecular weight excluding hydrogens is 270 g/mol. The first-order valence-electron chi connectivity index (χ1n) is 6.95. The monoisotopic (exact) mass is 289 g/mol. The first kappa shape index (κ1) is 13.5. The summed E-state index contributed by atoms with van der Waals surface area (Å²) in [6.45, 7) is 0. The lowest BCUT2D eigenvalue weighted by Crippen LogP contribution is -2.34. The van der Waals surface area contributed by atoms with Crippen molar-refractivity contribution in [2.45, 2.75) is 47.8 Å². The first-order chi connectivity index (χ1) is 9.79. The number of nitrogens with two attached hydrogens (primary N) is 1. The van der Waals surface area contributed by atoms with E-state index in [1.165, 1.54) is 19.2 Å². The predicted molar refractivity (Wildman–Crippen MR) is 80.8 cm³/mol. The Morgan fingerprint density at radius 1 is 1.25 bits per heavy atom. The van der Waals surface area contributed by atoms with Gasteiger partial charge in [0.1, 0.15) is 6.33 Å². The zero-order valence-corrected chi connectivity index (χ0v) is 12.1. The van der Waals surface area contributed by atoms with Gasteiger partial charge in [0.15, 0.2) is 5.16 Å². The summed E-state index contributed by atoms with van der Waals surface area (Å²) in [6.07, 6.45) is 6.17. The average molecular weight is 289 g/mol. The fraction of sp³-hybridized carbons (Fsp3) is 0.429. The standard InChI is InChI=1S/C14H19N5S/c15-10-2-1-3-12(8-10)18-11-4-6-13(7-5-11)20-14-16-9-17-19-14/h4-7,9-10,12,18H,1-3,8,15H2,(H,16,17,19). The van der Waals surface area contributed by atoms with E-state index < -0.39 is 0 Å². The summed E-state index contributed by atoms with van der Waals surface area (Å²) >= 11 is 1.57. The van der Waals surface area contributed by atoms with Crippen LogP contribution in [0.25, 0.3) is 0 Å². The molecule has 3 rings (SSSR count). The molecule has 106 valence electrons. The van der Waals surface area contributed by atoms with E-state index >= 15 is 0 Å². The Morgan fingerprint density at radius 3 is 2.80 bits per heavy atom. The number of nitrogens with one attached hydrogen (secondary N) is 2. The molecule has 1 aromatic heterocycles. The normalized spacial score (nSPS) is 22.6. The molecule has 4 N–H and O–H groups in total. The first-order valence-corrected chi connectivity index (χ1v) is 7.76. The molecule has 0 spiro atoms. The van der Waals surface area contributed by atoms with Gasteiger partial charge in [-0.3, -0.25) is 5.10 Å². The molecule has 2 aromatic rings. The summed E-state index contributed by atoms with van der Waals surface area (Å²) in [4.78, 5) is 5.25. The van der Waals surface area contributed by atoms with Gasteiger partial charge in [0.05, 0.1) is 0 Å². The van der Waals surface area contributed by atoms with Gasteiger partial charge in [-0.2, -0.15) is 5.10 Å². The van der Waals surface area contributed by atoms with Crippen molar-refractivity contribution in [1.82, 2.24) is 15.2 Å². The van der Waals surface area contributed by atoms with Crippen molar-refractivity contribution in [2.24, 2.45) is 5.73 Å². The van der Waals surface area contributed by atoms with Gasteiger partial charge < -0.3 is 11.1 Å². The van der Waals surface area contributed by atoms with Gasteiger partial charge in [0.25, 0.3) is 0 Å². The highest BCUT2D eigenvalue weighted by atomic mass is 32.2. The lowest BCUT2D eigenvalue weighted by Gasteiger charge is -2.28. The van der Waals surface area contributed by atoms with Crippen molar-refractivity contribution in [2.75, 3.05) is 5.32 Å². The van der Waals surface area contributed by atoms with E-state index in [1.807, 2.05) is 0 Å². The molecule has 0 bridgehead atoms. The number of nitrogens with zero attached hydrogens (tertiary/aromatic N) is 2. The molecule has 5 nitrogen and oxygen atoms in total. The zero-order valence-electron chi connectivity index (χ0n) is 11.2. The second kappa shape index (κ2) is 6.28. The van der Waals surface area contributed by atoms with Crippen LogP contribution in [0.1, 0.15) is 25.7 Å². The molecule has 1 aromatic carbocycles. The molecular formula is C14H19N5S. The maximum atomic E-state index is 6.02. The second-order valence-electron chi connectivity index (χ2n) is 5.19. The van der Waals surface area contributed by atoms with Crippen LogP contribution in [0.15, 0.2) is 40.6 Å². The summed E-state index contributed by atoms with van der Waals surface area (Å²) < 4.78 is 0. The number of hydrogen-bond acceptors (Lipinski definition) is 5. The van der Waals surface area contributed by atoms with E-state index in [2.05, 4.69) is 44.8 Å². The van der Waals surface area contributed by atoms with Crippen LogP contribution >= 0.6 is 11.8 Å². The second-order valence-corrected chi connectivity index (χ2v) is 6.25. The predicted octanol–water partition coefficient (Wildman–Crippen LogP) is 2.64. The van der Waals surface area contributed by atoms with Crippen molar-refractivity contribution in [3.05, 3.63) is 30.6 Å². The minimum atomic E-state index is 0.350. The Kier molecular flexibility index (Phi) is 4.22. The van der Waals surface area contributed by atoms with Gasteiger partial charge in [-0.05, 0) is 49.9 Å². The number of benzene rings is 1. The van der Waals surface area contributed by atoms with E-state index in [0.717, 1.165) is 28.6 Å². The third-order valence-corrected chi connectivity index (χ3v) is 4.45. The SMILES string of the molecule is NC1CCCC(Nc2ccc(Sc3ncn[nH]3)cc2)C1. The fourth-order valence-electron chi connectivity index (χ4n) is 2.57. The van der Waals surface area contributed by atoms with E-state index in [-0.39, 0.29) is 0 Å². The quantitative estimate of drug-likeness (QED) is 0.806. The van der Waals surface area contributed by atoms with Crippen molar-refractivity contribution >= 4 is 17.4 Å². The fourth-order valence-corrected chi connectivity index (χ4v) is 3.26. The van der Waals surface area contributed by atoms with Crippen LogP contribution in [-0.2, 0) is 0 Å². The van der Waals surface area contributed by atoms with Gasteiger partial charge in [-0.25, -0.2) is 4.98 Å². The molecule has 1 fully saturated rings. The Hall–Kier alpha value is -1.53. The van der Waals surface area contributed by atoms with Gasteiger partial charge in [0.2, 0.25) is 0 Å². The molecule has 0 aliphatic heterocycles. The summed E-state index contributed by atoms with van der Waals surface area (Å²) in [7, 11) is 0. The summed E-state index contributed by atoms with van der Waals surface area (Å²) in [5.74, 6) is 0. The maximum Gasteiger partial charge on any atom is 0.188 e. The number of rotatable bonds is 4. The third kappa shape index (κ3) is 3.52. The van der Waals surface area contributed by atoms with Crippen LogP contribution in [0, 0.1) is 0 Å². The van der Waals surface area contributed by atoms with Crippen molar-refractivity contribution in [3.8, 4) is 0 Å². The molecule has 1 aliphatic rings. The molecule has 1 aliphatic carbocycles. The van der Waals surface area contributed by atoms with Crippen molar-refractivity contribution in [3.63, 3.8) is 0 Å². The summed E-state index contributed by atoms with van der Waals surface area (Å²) in [5.41, 5.74) is 7.18. The zero-order chi connectivity index (χ0) is 13.8. The smallest absolute Gasteiger partial charge is 0.188 e. The third-order valence-electron chi connectivity index (χ3n) is 3.55. The molecule has 2 unspecified atom stereocenters. The van der Waals surface area contributed by atoms with Crippen LogP contribution in [0.5, 0.6) is 0 Å². The van der Waals surface area contributed by atoms with E-state index in [4.69, 9.17) is 5.73 Å². The van der Waals surface area contributed by atoms with Crippen LogP contribution in [0.4, 0.5) is 5.69 Å². The number of aromatic amines is 1. The van der Waals surface area contributed by atoms with Gasteiger partial charge in [-0.15, -0.1) is 0 Å². The van der Waals surface area contributed by atoms with E-state index in [9.17, 15) is 0 Å². The molecule has 0 saturated heterocycles. The summed E-state index contributed by atoms with van der Waals surface area (Å²) in [5, 5.41) is 11.1. The number of aromatic nitrogens is 3. The van der Waals surface area contributed by atoms with Crippen LogP contribution < -0.4 is 11.1 Å². The lowest BCUT2D eigenvalue weighted by molar-refractivity contribution is 0.409. The highest BCUT2D eigenvalue weighted by Gasteiger charge is 2.18. The molecule has 2 atom stereocenters. The van der Waals surface area contributed by atoms with Gasteiger partial charge >= 0.3 is 0 Å². The molecule has 0 amide bonds. The maximum absolute atomic E-state index is 6.02. The average Bonchev–Trinajstić information content (AvgIpc) is 2.94. The minimum absolute atomic E-state index is 0.350. The van der Waals surface area contributed by atoms with Gasteiger partial charge in [0, 0.05) is 22.7 Å². The molecule has 6 heteroatoms. The lowest BCUT2D eigenvalue weighted by atomic mass is 9.91. The Labute approximate surface area is 122 Å². The minimum Gasteiger partial charge on any atom is -0.382 e. The van der Waals surface area contributed by atoms with E-state index in [0.29, 0.717) is 12.1 Å².